The fourth-order valence-corrected chi connectivity index (χ4v) is 0.880. The Balaban J connectivity index is 2.74. The van der Waals surface area contributed by atoms with Crippen LogP contribution in [-0.4, -0.2) is 18.2 Å². The molecule has 0 spiro atoms. The molecule has 1 aromatic rings. The molecule has 60 valence electrons. The summed E-state index contributed by atoms with van der Waals surface area (Å²) in [5, 5.41) is 0. The van der Waals surface area contributed by atoms with Gasteiger partial charge in [0.25, 0.3) is 0 Å². The average Bonchev–Trinajstić information content (AvgIpc) is 2.09. The van der Waals surface area contributed by atoms with E-state index in [0.29, 0.717) is 6.54 Å². The van der Waals surface area contributed by atoms with Crippen LogP contribution in [0.1, 0.15) is 11.6 Å². The molecule has 0 saturated carbocycles. The molecule has 2 N–H and O–H groups in total. The van der Waals surface area contributed by atoms with Gasteiger partial charge in [0, 0.05) is 24.4 Å². The largest absolute Gasteiger partial charge is 0.330 e. The monoisotopic (exact) mass is 154 g/mol. The van der Waals surface area contributed by atoms with Crippen molar-refractivity contribution in [2.45, 2.75) is 5.92 Å². The predicted molar refractivity (Wildman–Crippen MR) is 42.0 cm³/mol. The highest BCUT2D eigenvalue weighted by atomic mass is 19.1. The molecule has 11 heavy (non-hydrogen) atoms. The minimum Gasteiger partial charge on any atom is -0.330 e. The van der Waals surface area contributed by atoms with Crippen molar-refractivity contribution in [2.75, 3.05) is 13.2 Å². The van der Waals surface area contributed by atoms with Crippen molar-refractivity contribution in [3.05, 3.63) is 30.1 Å². The SMILES string of the molecule is NCC(CF)c1ccccn1. The molecule has 0 fully saturated rings. The Bertz CT molecular complexity index is 197. The lowest BCUT2D eigenvalue weighted by Crippen LogP contribution is -2.15. The molecule has 2 nitrogen and oxygen atoms in total. The third kappa shape index (κ3) is 1.98. The molecule has 0 saturated heterocycles. The summed E-state index contributed by atoms with van der Waals surface area (Å²) in [6.45, 7) is -0.124. The summed E-state index contributed by atoms with van der Waals surface area (Å²) in [6, 6.07) is 5.42. The Labute approximate surface area is 65.3 Å². The highest BCUT2D eigenvalue weighted by Crippen LogP contribution is 2.10. The molecule has 0 bridgehead atoms. The number of pyridine rings is 1. The summed E-state index contributed by atoms with van der Waals surface area (Å²) in [6.07, 6.45) is 1.65. The van der Waals surface area contributed by atoms with Crippen LogP contribution in [0.25, 0.3) is 0 Å². The van der Waals surface area contributed by atoms with Crippen molar-refractivity contribution >= 4 is 0 Å². The zero-order chi connectivity index (χ0) is 8.10. The third-order valence-corrected chi connectivity index (χ3v) is 1.58. The molecule has 1 atom stereocenters. The van der Waals surface area contributed by atoms with Crippen LogP contribution in [0.15, 0.2) is 24.4 Å². The van der Waals surface area contributed by atoms with Gasteiger partial charge in [0.1, 0.15) is 0 Å². The highest BCUT2D eigenvalue weighted by molar-refractivity contribution is 5.09. The first-order chi connectivity index (χ1) is 5.38. The van der Waals surface area contributed by atoms with Gasteiger partial charge in [-0.3, -0.25) is 9.37 Å². The number of aromatic nitrogens is 1. The Kier molecular flexibility index (Phi) is 2.98. The van der Waals surface area contributed by atoms with E-state index in [9.17, 15) is 4.39 Å². The van der Waals surface area contributed by atoms with Crippen LogP contribution < -0.4 is 5.73 Å². The molecule has 0 aliphatic rings. The van der Waals surface area contributed by atoms with Crippen LogP contribution in [-0.2, 0) is 0 Å². The normalized spacial score (nSPS) is 12.9. The van der Waals surface area contributed by atoms with E-state index in [1.807, 2.05) is 6.07 Å². The van der Waals surface area contributed by atoms with Gasteiger partial charge in [0.2, 0.25) is 0 Å². The second kappa shape index (κ2) is 4.03. The summed E-state index contributed by atoms with van der Waals surface area (Å²) in [4.78, 5) is 4.00. The van der Waals surface area contributed by atoms with Gasteiger partial charge in [-0.1, -0.05) is 6.07 Å². The van der Waals surface area contributed by atoms with Gasteiger partial charge in [-0.25, -0.2) is 0 Å². The van der Waals surface area contributed by atoms with Crippen LogP contribution in [0.4, 0.5) is 4.39 Å². The van der Waals surface area contributed by atoms with E-state index >= 15 is 0 Å². The summed E-state index contributed by atoms with van der Waals surface area (Å²) in [5.41, 5.74) is 6.07. The standard InChI is InChI=1S/C8H11FN2/c9-5-7(6-10)8-3-1-2-4-11-8/h1-4,7H,5-6,10H2. The first-order valence-electron chi connectivity index (χ1n) is 3.55. The number of nitrogens with two attached hydrogens (primary N) is 1. The first-order valence-corrected chi connectivity index (χ1v) is 3.55. The number of hydrogen-bond acceptors (Lipinski definition) is 2. The minimum atomic E-state index is -0.437. The molecule has 1 heterocycles. The lowest BCUT2D eigenvalue weighted by molar-refractivity contribution is 0.429. The molecule has 1 unspecified atom stereocenters. The molecular weight excluding hydrogens is 143 g/mol. The van der Waals surface area contributed by atoms with Crippen LogP contribution in [0.5, 0.6) is 0 Å². The Hall–Kier alpha value is -0.960. The van der Waals surface area contributed by atoms with Crippen LogP contribution >= 0.6 is 0 Å². The summed E-state index contributed by atoms with van der Waals surface area (Å²) >= 11 is 0. The topological polar surface area (TPSA) is 38.9 Å². The molecule has 1 rings (SSSR count). The molecule has 0 aliphatic carbocycles. The molecule has 3 heteroatoms. The Morgan fingerprint density at radius 1 is 1.55 bits per heavy atom. The van der Waals surface area contributed by atoms with E-state index in [0.717, 1.165) is 5.69 Å². The van der Waals surface area contributed by atoms with Gasteiger partial charge in [0.05, 0.1) is 6.67 Å². The van der Waals surface area contributed by atoms with Crippen molar-refractivity contribution in [2.24, 2.45) is 5.73 Å². The van der Waals surface area contributed by atoms with Crippen molar-refractivity contribution in [1.82, 2.24) is 4.98 Å². The fraction of sp³-hybridized carbons (Fsp3) is 0.375. The van der Waals surface area contributed by atoms with Gasteiger partial charge in [-0.05, 0) is 12.1 Å². The van der Waals surface area contributed by atoms with Crippen molar-refractivity contribution < 1.29 is 4.39 Å². The van der Waals surface area contributed by atoms with Crippen LogP contribution in [0.2, 0.25) is 0 Å². The zero-order valence-electron chi connectivity index (χ0n) is 6.20. The number of halogens is 1. The second-order valence-corrected chi connectivity index (χ2v) is 2.34. The maximum Gasteiger partial charge on any atom is 0.0990 e. The molecule has 0 aromatic carbocycles. The number of rotatable bonds is 3. The van der Waals surface area contributed by atoms with Crippen molar-refractivity contribution in [3.63, 3.8) is 0 Å². The number of hydrogen-bond donors (Lipinski definition) is 1. The van der Waals surface area contributed by atoms with Gasteiger partial charge in [-0.15, -0.1) is 0 Å². The van der Waals surface area contributed by atoms with E-state index in [2.05, 4.69) is 4.98 Å². The first kappa shape index (κ1) is 8.14. The van der Waals surface area contributed by atoms with E-state index in [1.165, 1.54) is 0 Å². The fourth-order valence-electron chi connectivity index (χ4n) is 0.880. The molecule has 0 aliphatic heterocycles. The number of alkyl halides is 1. The van der Waals surface area contributed by atoms with Crippen molar-refractivity contribution in [1.29, 1.82) is 0 Å². The van der Waals surface area contributed by atoms with E-state index in [1.54, 1.807) is 18.3 Å². The zero-order valence-corrected chi connectivity index (χ0v) is 6.20. The summed E-state index contributed by atoms with van der Waals surface area (Å²) < 4.78 is 12.2. The maximum absolute atomic E-state index is 12.2. The van der Waals surface area contributed by atoms with Crippen LogP contribution in [0, 0.1) is 0 Å². The highest BCUT2D eigenvalue weighted by Gasteiger charge is 2.08. The molecule has 1 aromatic heterocycles. The second-order valence-electron chi connectivity index (χ2n) is 2.34. The lowest BCUT2D eigenvalue weighted by Gasteiger charge is -2.07. The average molecular weight is 154 g/mol. The number of nitrogens with zero attached hydrogens (tertiary/aromatic N) is 1. The van der Waals surface area contributed by atoms with E-state index < -0.39 is 6.67 Å². The smallest absolute Gasteiger partial charge is 0.0990 e. The van der Waals surface area contributed by atoms with Gasteiger partial charge >= 0.3 is 0 Å². The summed E-state index contributed by atoms with van der Waals surface area (Å²) in [5.74, 6) is -0.240. The minimum absolute atomic E-state index is 0.240. The Morgan fingerprint density at radius 3 is 2.82 bits per heavy atom. The molecule has 0 amide bonds. The Morgan fingerprint density at radius 2 is 2.36 bits per heavy atom. The molecular formula is C8H11FN2. The van der Waals surface area contributed by atoms with Gasteiger partial charge < -0.3 is 5.73 Å². The molecule has 0 radical (unpaired) electrons. The predicted octanol–water partition coefficient (Wildman–Crippen LogP) is 1.09. The van der Waals surface area contributed by atoms with Gasteiger partial charge in [0.15, 0.2) is 0 Å². The van der Waals surface area contributed by atoms with E-state index in [4.69, 9.17) is 5.73 Å². The maximum atomic E-state index is 12.2. The lowest BCUT2D eigenvalue weighted by atomic mass is 10.1. The van der Waals surface area contributed by atoms with Crippen molar-refractivity contribution in [3.8, 4) is 0 Å². The van der Waals surface area contributed by atoms with Gasteiger partial charge in [-0.2, -0.15) is 0 Å². The third-order valence-electron chi connectivity index (χ3n) is 1.58. The quantitative estimate of drug-likeness (QED) is 0.707. The van der Waals surface area contributed by atoms with Crippen LogP contribution in [0.3, 0.4) is 0 Å². The van der Waals surface area contributed by atoms with E-state index in [-0.39, 0.29) is 5.92 Å². The summed E-state index contributed by atoms with van der Waals surface area (Å²) in [7, 11) is 0.